The van der Waals surface area contributed by atoms with E-state index in [9.17, 15) is 9.59 Å². The zero-order chi connectivity index (χ0) is 18.1. The van der Waals surface area contributed by atoms with Crippen LogP contribution in [0.1, 0.15) is 18.4 Å². The summed E-state index contributed by atoms with van der Waals surface area (Å²) in [5.41, 5.74) is 0.858. The topological polar surface area (TPSA) is 68.2 Å². The third-order valence-corrected chi connectivity index (χ3v) is 6.58. The molecule has 4 atom stereocenters. The highest BCUT2D eigenvalue weighted by Crippen LogP contribution is 2.73. The molecular weight excluding hydrogens is 332 g/mol. The van der Waals surface area contributed by atoms with Gasteiger partial charge in [-0.2, -0.15) is 10.1 Å². The van der Waals surface area contributed by atoms with Crippen molar-refractivity contribution in [3.63, 3.8) is 0 Å². The van der Waals surface area contributed by atoms with Gasteiger partial charge in [-0.1, -0.05) is 12.2 Å². The van der Waals surface area contributed by atoms with Crippen molar-refractivity contribution in [3.05, 3.63) is 35.9 Å². The van der Waals surface area contributed by atoms with Gasteiger partial charge in [-0.05, 0) is 48.3 Å². The maximum absolute atomic E-state index is 12.9. The molecule has 26 heavy (non-hydrogen) atoms. The molecule has 2 amide bonds. The summed E-state index contributed by atoms with van der Waals surface area (Å²) in [7, 11) is 3.14. The minimum atomic E-state index is -0.232. The number of carbonyl (C=O) groups excluding carboxylic acids is 2. The Morgan fingerprint density at radius 1 is 1.08 bits per heavy atom. The van der Waals surface area contributed by atoms with Crippen LogP contribution in [0.4, 0.5) is 0 Å². The fourth-order valence-corrected chi connectivity index (χ4v) is 5.24. The van der Waals surface area contributed by atoms with Crippen LogP contribution in [0.3, 0.4) is 0 Å². The van der Waals surface area contributed by atoms with E-state index in [1.54, 1.807) is 32.4 Å². The van der Waals surface area contributed by atoms with Crippen LogP contribution < -0.4 is 9.47 Å². The van der Waals surface area contributed by atoms with Crippen molar-refractivity contribution in [2.75, 3.05) is 14.2 Å². The van der Waals surface area contributed by atoms with Crippen molar-refractivity contribution in [1.82, 2.24) is 5.01 Å². The lowest BCUT2D eigenvalue weighted by molar-refractivity contribution is -0.141. The van der Waals surface area contributed by atoms with E-state index in [0.717, 1.165) is 17.9 Å². The van der Waals surface area contributed by atoms with Crippen molar-refractivity contribution in [1.29, 1.82) is 0 Å². The maximum Gasteiger partial charge on any atom is 0.254 e. The molecule has 134 valence electrons. The van der Waals surface area contributed by atoms with Crippen molar-refractivity contribution < 1.29 is 19.1 Å². The molecule has 0 radical (unpaired) electrons. The average Bonchev–Trinajstić information content (AvgIpc) is 3.26. The van der Waals surface area contributed by atoms with Crippen LogP contribution in [-0.2, 0) is 9.59 Å². The monoisotopic (exact) mass is 352 g/mol. The molecule has 1 saturated heterocycles. The average molecular weight is 352 g/mol. The summed E-state index contributed by atoms with van der Waals surface area (Å²) in [5, 5.41) is 5.30. The molecule has 1 aliphatic heterocycles. The summed E-state index contributed by atoms with van der Waals surface area (Å²) in [6, 6.07) is 5.31. The molecule has 1 heterocycles. The Labute approximate surface area is 151 Å². The summed E-state index contributed by atoms with van der Waals surface area (Å²) in [5.74, 6) is 0.880. The number of rotatable bonds is 4. The standard InChI is InChI=1S/C20H20N2O4/c1-25-12-3-6-15(26-2)11(9-12)10-21-22-18(23)16-13-4-5-14(17(16)19(22)24)20(13)7-8-20/h3-6,9-10,13-14,16-17H,7-8H2,1-2H3. The first-order valence-electron chi connectivity index (χ1n) is 8.93. The van der Waals surface area contributed by atoms with Gasteiger partial charge in [0.25, 0.3) is 11.8 Å². The van der Waals surface area contributed by atoms with E-state index < -0.39 is 0 Å². The molecule has 1 aromatic rings. The van der Waals surface area contributed by atoms with Gasteiger partial charge in [0.15, 0.2) is 0 Å². The van der Waals surface area contributed by atoms with E-state index in [-0.39, 0.29) is 40.9 Å². The van der Waals surface area contributed by atoms with E-state index in [1.807, 2.05) is 0 Å². The van der Waals surface area contributed by atoms with Crippen molar-refractivity contribution in [3.8, 4) is 11.5 Å². The number of carbonyl (C=O) groups is 2. The predicted molar refractivity (Wildman–Crippen MR) is 93.8 cm³/mol. The highest BCUT2D eigenvalue weighted by Gasteiger charge is 2.73. The third-order valence-electron chi connectivity index (χ3n) is 6.58. The van der Waals surface area contributed by atoms with Gasteiger partial charge in [0, 0.05) is 5.56 Å². The van der Waals surface area contributed by atoms with E-state index in [2.05, 4.69) is 17.3 Å². The highest BCUT2D eigenvalue weighted by atomic mass is 16.5. The molecule has 1 spiro atoms. The van der Waals surface area contributed by atoms with Gasteiger partial charge in [0.1, 0.15) is 11.5 Å². The van der Waals surface area contributed by atoms with Gasteiger partial charge in [-0.3, -0.25) is 9.59 Å². The first kappa shape index (κ1) is 15.6. The third kappa shape index (κ3) is 1.84. The van der Waals surface area contributed by atoms with E-state index >= 15 is 0 Å². The Kier molecular flexibility index (Phi) is 3.12. The Morgan fingerprint density at radius 2 is 1.73 bits per heavy atom. The smallest absolute Gasteiger partial charge is 0.254 e. The minimum Gasteiger partial charge on any atom is -0.497 e. The van der Waals surface area contributed by atoms with Crippen LogP contribution in [-0.4, -0.2) is 37.3 Å². The van der Waals surface area contributed by atoms with Crippen molar-refractivity contribution in [2.45, 2.75) is 12.8 Å². The van der Waals surface area contributed by atoms with Gasteiger partial charge in [0.05, 0.1) is 32.3 Å². The second-order valence-electron chi connectivity index (χ2n) is 7.56. The van der Waals surface area contributed by atoms with E-state index in [4.69, 9.17) is 9.47 Å². The fourth-order valence-electron chi connectivity index (χ4n) is 5.24. The van der Waals surface area contributed by atoms with Crippen LogP contribution in [0.15, 0.2) is 35.5 Å². The number of methoxy groups -OCH3 is 2. The molecular formula is C20H20N2O4. The molecule has 1 aromatic carbocycles. The van der Waals surface area contributed by atoms with Crippen LogP contribution in [0.5, 0.6) is 11.5 Å². The SMILES string of the molecule is COc1ccc(OC)c(C=NN2C(=O)C3C(C2=O)C2C=CC3C23CC3)c1. The summed E-state index contributed by atoms with van der Waals surface area (Å²) in [6.07, 6.45) is 8.07. The van der Waals surface area contributed by atoms with E-state index in [0.29, 0.717) is 17.1 Å². The Morgan fingerprint density at radius 3 is 2.27 bits per heavy atom. The number of imide groups is 1. The molecule has 3 fully saturated rings. The van der Waals surface area contributed by atoms with Gasteiger partial charge >= 0.3 is 0 Å². The molecule has 5 rings (SSSR count). The quantitative estimate of drug-likeness (QED) is 0.473. The number of fused-ring (bicyclic) bond motifs is 3. The molecule has 2 saturated carbocycles. The summed E-state index contributed by atoms with van der Waals surface area (Å²) >= 11 is 0. The Balaban J connectivity index is 1.44. The summed E-state index contributed by atoms with van der Waals surface area (Å²) in [6.45, 7) is 0. The normalized spacial score (nSPS) is 32.8. The number of hydrazone groups is 1. The number of nitrogens with zero attached hydrogens (tertiary/aromatic N) is 2. The largest absolute Gasteiger partial charge is 0.497 e. The Hall–Kier alpha value is -2.63. The number of hydrogen-bond donors (Lipinski definition) is 0. The zero-order valence-corrected chi connectivity index (χ0v) is 14.7. The molecule has 4 aliphatic rings. The predicted octanol–water partition coefficient (Wildman–Crippen LogP) is 2.23. The van der Waals surface area contributed by atoms with Crippen LogP contribution in [0.25, 0.3) is 0 Å². The first-order valence-corrected chi connectivity index (χ1v) is 8.93. The van der Waals surface area contributed by atoms with Crippen molar-refractivity contribution in [2.24, 2.45) is 34.2 Å². The van der Waals surface area contributed by atoms with Crippen molar-refractivity contribution >= 4 is 18.0 Å². The fraction of sp³-hybridized carbons (Fsp3) is 0.450. The highest BCUT2D eigenvalue weighted by molar-refractivity contribution is 6.07. The lowest BCUT2D eigenvalue weighted by Crippen LogP contribution is -2.30. The lowest BCUT2D eigenvalue weighted by Gasteiger charge is -2.18. The minimum absolute atomic E-state index is 0.166. The second-order valence-corrected chi connectivity index (χ2v) is 7.56. The van der Waals surface area contributed by atoms with E-state index in [1.165, 1.54) is 6.21 Å². The molecule has 4 unspecified atom stereocenters. The lowest BCUT2D eigenvalue weighted by atomic mass is 9.85. The van der Waals surface area contributed by atoms with Gasteiger partial charge in [-0.15, -0.1) is 0 Å². The maximum atomic E-state index is 12.9. The second kappa shape index (κ2) is 5.19. The summed E-state index contributed by atoms with van der Waals surface area (Å²) < 4.78 is 10.5. The van der Waals surface area contributed by atoms with Gasteiger partial charge in [0.2, 0.25) is 0 Å². The molecule has 0 N–H and O–H groups in total. The van der Waals surface area contributed by atoms with Gasteiger partial charge < -0.3 is 9.47 Å². The molecule has 6 nitrogen and oxygen atoms in total. The van der Waals surface area contributed by atoms with Crippen LogP contribution >= 0.6 is 0 Å². The molecule has 2 bridgehead atoms. The zero-order valence-electron chi connectivity index (χ0n) is 14.7. The molecule has 0 aromatic heterocycles. The number of hydrogen-bond acceptors (Lipinski definition) is 5. The molecule has 3 aliphatic carbocycles. The number of allylic oxidation sites excluding steroid dienone is 2. The van der Waals surface area contributed by atoms with Crippen LogP contribution in [0, 0.1) is 29.1 Å². The number of ether oxygens (including phenoxy) is 2. The Bertz CT molecular complexity index is 837. The first-order chi connectivity index (χ1) is 12.6. The van der Waals surface area contributed by atoms with Gasteiger partial charge in [-0.25, -0.2) is 0 Å². The number of benzene rings is 1. The molecule has 6 heteroatoms. The van der Waals surface area contributed by atoms with Crippen LogP contribution in [0.2, 0.25) is 0 Å². The number of amides is 2. The summed E-state index contributed by atoms with van der Waals surface area (Å²) in [4.78, 5) is 25.8.